The van der Waals surface area contributed by atoms with Gasteiger partial charge in [-0.3, -0.25) is 9.78 Å². The Labute approximate surface area is 82.2 Å². The third-order valence-corrected chi connectivity index (χ3v) is 2.54. The van der Waals surface area contributed by atoms with E-state index in [1.807, 2.05) is 0 Å². The van der Waals surface area contributed by atoms with Gasteiger partial charge in [0.05, 0.1) is 5.56 Å². The van der Waals surface area contributed by atoms with E-state index in [4.69, 9.17) is 0 Å². The summed E-state index contributed by atoms with van der Waals surface area (Å²) in [6.45, 7) is 2.26. The van der Waals surface area contributed by atoms with Crippen LogP contribution in [0.4, 0.5) is 0 Å². The molecule has 1 fully saturated rings. The number of hydrogen-bond donors (Lipinski definition) is 1. The van der Waals surface area contributed by atoms with Crippen LogP contribution in [0.5, 0.6) is 0 Å². The molecule has 1 aromatic heterocycles. The number of carbonyl (C=O) groups excluding carboxylic acids is 1. The van der Waals surface area contributed by atoms with Crippen molar-refractivity contribution in [3.05, 3.63) is 30.1 Å². The summed E-state index contributed by atoms with van der Waals surface area (Å²) in [5.41, 5.74) is -0.458. The maximum Gasteiger partial charge on any atom is 0.257 e. The fraction of sp³-hybridized carbons (Fsp3) is 0.400. The van der Waals surface area contributed by atoms with Gasteiger partial charge in [-0.2, -0.15) is 0 Å². The largest absolute Gasteiger partial charge is 0.371 e. The number of rotatable bonds is 1. The zero-order valence-electron chi connectivity index (χ0n) is 7.97. The van der Waals surface area contributed by atoms with Gasteiger partial charge in [0.15, 0.2) is 0 Å². The van der Waals surface area contributed by atoms with Crippen LogP contribution in [0.2, 0.25) is 0 Å². The molecule has 74 valence electrons. The summed E-state index contributed by atoms with van der Waals surface area (Å²) in [4.78, 5) is 17.1. The Bertz CT molecular complexity index is 348. The molecule has 0 aromatic carbocycles. The molecule has 0 aliphatic carbocycles. The number of hydrogen-bond acceptors (Lipinski definition) is 3. The maximum atomic E-state index is 11.8. The molecule has 1 atom stereocenters. The molecule has 2 rings (SSSR count). The zero-order valence-corrected chi connectivity index (χ0v) is 7.97. The molecule has 1 aromatic rings. The molecule has 1 aliphatic heterocycles. The zero-order chi connectivity index (χ0) is 10.2. The first-order valence-corrected chi connectivity index (χ1v) is 4.56. The molecular weight excluding hydrogens is 180 g/mol. The van der Waals surface area contributed by atoms with Crippen molar-refractivity contribution in [3.8, 4) is 0 Å². The Kier molecular flexibility index (Phi) is 2.00. The lowest BCUT2D eigenvalue weighted by Crippen LogP contribution is -2.60. The first-order chi connectivity index (χ1) is 6.61. The van der Waals surface area contributed by atoms with E-state index < -0.39 is 5.72 Å². The van der Waals surface area contributed by atoms with E-state index in [1.54, 1.807) is 25.3 Å². The van der Waals surface area contributed by atoms with Crippen LogP contribution in [0.25, 0.3) is 0 Å². The van der Waals surface area contributed by atoms with Crippen LogP contribution in [0.1, 0.15) is 23.7 Å². The third-order valence-electron chi connectivity index (χ3n) is 2.54. The van der Waals surface area contributed by atoms with E-state index in [1.165, 1.54) is 11.1 Å². The van der Waals surface area contributed by atoms with Gasteiger partial charge < -0.3 is 10.0 Å². The topological polar surface area (TPSA) is 53.4 Å². The minimum atomic E-state index is -0.979. The van der Waals surface area contributed by atoms with E-state index in [0.29, 0.717) is 18.5 Å². The van der Waals surface area contributed by atoms with E-state index in [0.717, 1.165) is 0 Å². The molecule has 14 heavy (non-hydrogen) atoms. The summed E-state index contributed by atoms with van der Waals surface area (Å²) >= 11 is 0. The lowest BCUT2D eigenvalue weighted by molar-refractivity contribution is -0.139. The minimum absolute atomic E-state index is 0.158. The van der Waals surface area contributed by atoms with Gasteiger partial charge >= 0.3 is 0 Å². The Balaban J connectivity index is 2.18. The predicted molar refractivity (Wildman–Crippen MR) is 50.5 cm³/mol. The summed E-state index contributed by atoms with van der Waals surface area (Å²) in [5.74, 6) is -0.158. The van der Waals surface area contributed by atoms with Crippen LogP contribution in [-0.2, 0) is 0 Å². The molecule has 1 aliphatic rings. The van der Waals surface area contributed by atoms with Gasteiger partial charge in [-0.05, 0) is 19.1 Å². The van der Waals surface area contributed by atoms with Crippen LogP contribution < -0.4 is 0 Å². The second-order valence-electron chi connectivity index (χ2n) is 3.67. The molecule has 1 saturated heterocycles. The Hall–Kier alpha value is -1.42. The molecule has 1 amide bonds. The molecule has 0 bridgehead atoms. The highest BCUT2D eigenvalue weighted by atomic mass is 16.3. The average molecular weight is 192 g/mol. The number of likely N-dealkylation sites (tertiary alicyclic amines) is 1. The van der Waals surface area contributed by atoms with Crippen LogP contribution in [0, 0.1) is 0 Å². The number of aliphatic hydroxyl groups is 1. The van der Waals surface area contributed by atoms with Gasteiger partial charge in [-0.15, -0.1) is 0 Å². The van der Waals surface area contributed by atoms with Crippen LogP contribution in [0.3, 0.4) is 0 Å². The quantitative estimate of drug-likeness (QED) is 0.710. The van der Waals surface area contributed by atoms with Crippen molar-refractivity contribution in [3.63, 3.8) is 0 Å². The highest BCUT2D eigenvalue weighted by Gasteiger charge is 2.41. The molecule has 4 nitrogen and oxygen atoms in total. The Morgan fingerprint density at radius 1 is 1.71 bits per heavy atom. The molecule has 1 N–H and O–H groups in total. The normalized spacial score (nSPS) is 25.7. The lowest BCUT2D eigenvalue weighted by Gasteiger charge is -2.46. The van der Waals surface area contributed by atoms with Crippen LogP contribution >= 0.6 is 0 Å². The monoisotopic (exact) mass is 192 g/mol. The summed E-state index contributed by atoms with van der Waals surface area (Å²) < 4.78 is 0. The molecule has 0 radical (unpaired) electrons. The fourth-order valence-electron chi connectivity index (χ4n) is 1.51. The molecule has 1 unspecified atom stereocenters. The number of nitrogens with zero attached hydrogens (tertiary/aromatic N) is 2. The van der Waals surface area contributed by atoms with Gasteiger partial charge in [0, 0.05) is 25.4 Å². The predicted octanol–water partition coefficient (Wildman–Crippen LogP) is 0.636. The van der Waals surface area contributed by atoms with E-state index in [2.05, 4.69) is 4.98 Å². The van der Waals surface area contributed by atoms with E-state index >= 15 is 0 Å². The second kappa shape index (κ2) is 3.06. The average Bonchev–Trinajstić information content (AvgIpc) is 2.18. The van der Waals surface area contributed by atoms with Crippen molar-refractivity contribution >= 4 is 5.91 Å². The highest BCUT2D eigenvalue weighted by molar-refractivity contribution is 5.94. The van der Waals surface area contributed by atoms with E-state index in [-0.39, 0.29) is 5.91 Å². The van der Waals surface area contributed by atoms with Gasteiger partial charge in [-0.1, -0.05) is 0 Å². The SMILES string of the molecule is CC1(O)CCN1C(=O)c1cccnc1. The molecule has 2 heterocycles. The first kappa shape index (κ1) is 9.15. The van der Waals surface area contributed by atoms with Crippen molar-refractivity contribution in [1.82, 2.24) is 9.88 Å². The summed E-state index contributed by atoms with van der Waals surface area (Å²) in [6, 6.07) is 3.41. The van der Waals surface area contributed by atoms with Crippen molar-refractivity contribution in [2.45, 2.75) is 19.1 Å². The lowest BCUT2D eigenvalue weighted by atomic mass is 9.99. The van der Waals surface area contributed by atoms with Gasteiger partial charge in [0.2, 0.25) is 0 Å². The Morgan fingerprint density at radius 3 is 2.93 bits per heavy atom. The molecule has 0 saturated carbocycles. The van der Waals surface area contributed by atoms with Gasteiger partial charge in [0.1, 0.15) is 5.72 Å². The van der Waals surface area contributed by atoms with Crippen LogP contribution in [-0.4, -0.2) is 33.2 Å². The van der Waals surface area contributed by atoms with Crippen molar-refractivity contribution in [2.75, 3.05) is 6.54 Å². The van der Waals surface area contributed by atoms with Crippen molar-refractivity contribution < 1.29 is 9.90 Å². The maximum absolute atomic E-state index is 11.8. The van der Waals surface area contributed by atoms with Crippen molar-refractivity contribution in [2.24, 2.45) is 0 Å². The summed E-state index contributed by atoms with van der Waals surface area (Å²) in [7, 11) is 0. The number of carbonyl (C=O) groups is 1. The van der Waals surface area contributed by atoms with Gasteiger partial charge in [0.25, 0.3) is 5.91 Å². The Morgan fingerprint density at radius 2 is 2.50 bits per heavy atom. The smallest absolute Gasteiger partial charge is 0.257 e. The van der Waals surface area contributed by atoms with Crippen LogP contribution in [0.15, 0.2) is 24.5 Å². The minimum Gasteiger partial charge on any atom is -0.371 e. The highest BCUT2D eigenvalue weighted by Crippen LogP contribution is 2.28. The third kappa shape index (κ3) is 1.37. The van der Waals surface area contributed by atoms with Gasteiger partial charge in [-0.25, -0.2) is 0 Å². The summed E-state index contributed by atoms with van der Waals surface area (Å²) in [6.07, 6.45) is 3.76. The first-order valence-electron chi connectivity index (χ1n) is 4.56. The fourth-order valence-corrected chi connectivity index (χ4v) is 1.51. The van der Waals surface area contributed by atoms with Crippen molar-refractivity contribution in [1.29, 1.82) is 0 Å². The standard InChI is InChI=1S/C10H12N2O2/c1-10(14)4-6-12(10)9(13)8-3-2-5-11-7-8/h2-3,5,7,14H,4,6H2,1H3. The molecule has 4 heteroatoms. The number of aromatic nitrogens is 1. The number of amides is 1. The molecular formula is C10H12N2O2. The molecule has 0 spiro atoms. The summed E-state index contributed by atoms with van der Waals surface area (Å²) in [5, 5.41) is 9.69. The number of pyridine rings is 1. The second-order valence-corrected chi connectivity index (χ2v) is 3.67. The van der Waals surface area contributed by atoms with E-state index in [9.17, 15) is 9.90 Å².